The molecule has 0 amide bonds. The van der Waals surface area contributed by atoms with Crippen molar-refractivity contribution in [3.63, 3.8) is 0 Å². The first-order valence-electron chi connectivity index (χ1n) is 8.17. The fraction of sp³-hybridized carbons (Fsp3) is 0.333. The van der Waals surface area contributed by atoms with Gasteiger partial charge in [-0.25, -0.2) is 4.98 Å². The fourth-order valence-electron chi connectivity index (χ4n) is 3.42. The van der Waals surface area contributed by atoms with Crippen molar-refractivity contribution in [2.24, 2.45) is 5.92 Å². The highest BCUT2D eigenvalue weighted by molar-refractivity contribution is 7.13. The van der Waals surface area contributed by atoms with Gasteiger partial charge in [-0.3, -0.25) is 9.69 Å². The third-order valence-corrected chi connectivity index (χ3v) is 5.49. The zero-order valence-corrected chi connectivity index (χ0v) is 14.1. The van der Waals surface area contributed by atoms with Gasteiger partial charge in [0, 0.05) is 19.3 Å². The van der Waals surface area contributed by atoms with Crippen molar-refractivity contribution in [2.75, 3.05) is 13.1 Å². The molecule has 1 atom stereocenters. The number of aromatic nitrogens is 2. The van der Waals surface area contributed by atoms with Gasteiger partial charge in [0.15, 0.2) is 0 Å². The number of rotatable bonds is 4. The van der Waals surface area contributed by atoms with E-state index in [1.54, 1.807) is 11.3 Å². The first-order chi connectivity index (χ1) is 11.7. The number of nitrogens with zero attached hydrogens (tertiary/aromatic N) is 3. The molecule has 24 heavy (non-hydrogen) atoms. The number of imidazole rings is 1. The van der Waals surface area contributed by atoms with E-state index in [2.05, 4.69) is 20.7 Å². The number of likely N-dealkylation sites (tertiary alicyclic amines) is 1. The second kappa shape index (κ2) is 6.37. The summed E-state index contributed by atoms with van der Waals surface area (Å²) >= 11 is 1.68. The lowest BCUT2D eigenvalue weighted by molar-refractivity contribution is -0.143. The summed E-state index contributed by atoms with van der Waals surface area (Å²) in [7, 11) is 0. The van der Waals surface area contributed by atoms with Crippen LogP contribution in [0.3, 0.4) is 0 Å². The minimum absolute atomic E-state index is 0.261. The monoisotopic (exact) mass is 341 g/mol. The maximum absolute atomic E-state index is 11.3. The molecule has 3 aromatic rings. The number of pyridine rings is 1. The lowest BCUT2D eigenvalue weighted by Crippen LogP contribution is -2.38. The average Bonchev–Trinajstić information content (AvgIpc) is 3.23. The second-order valence-corrected chi connectivity index (χ2v) is 7.17. The maximum Gasteiger partial charge on any atom is 0.307 e. The molecule has 1 aliphatic heterocycles. The minimum Gasteiger partial charge on any atom is -0.481 e. The van der Waals surface area contributed by atoms with Crippen LogP contribution in [0.1, 0.15) is 18.5 Å². The van der Waals surface area contributed by atoms with E-state index in [1.807, 2.05) is 30.5 Å². The number of carboxylic acid groups (broad SMARTS) is 1. The van der Waals surface area contributed by atoms with Crippen LogP contribution in [0.2, 0.25) is 0 Å². The van der Waals surface area contributed by atoms with Crippen LogP contribution in [0.25, 0.3) is 16.2 Å². The van der Waals surface area contributed by atoms with Crippen molar-refractivity contribution in [1.29, 1.82) is 0 Å². The van der Waals surface area contributed by atoms with E-state index in [9.17, 15) is 9.90 Å². The summed E-state index contributed by atoms with van der Waals surface area (Å²) in [5.74, 6) is -0.945. The van der Waals surface area contributed by atoms with Gasteiger partial charge >= 0.3 is 5.97 Å². The van der Waals surface area contributed by atoms with Gasteiger partial charge in [-0.2, -0.15) is 0 Å². The predicted molar refractivity (Wildman–Crippen MR) is 94.1 cm³/mol. The van der Waals surface area contributed by atoms with Gasteiger partial charge in [-0.05, 0) is 43.0 Å². The van der Waals surface area contributed by atoms with E-state index in [-0.39, 0.29) is 5.92 Å². The topological polar surface area (TPSA) is 57.8 Å². The van der Waals surface area contributed by atoms with E-state index in [0.717, 1.165) is 47.8 Å². The predicted octanol–water partition coefficient (Wildman–Crippen LogP) is 3.36. The van der Waals surface area contributed by atoms with Crippen LogP contribution in [-0.2, 0) is 11.3 Å². The number of hydrogen-bond acceptors (Lipinski definition) is 4. The summed E-state index contributed by atoms with van der Waals surface area (Å²) in [4.78, 5) is 19.5. The van der Waals surface area contributed by atoms with Crippen molar-refractivity contribution in [1.82, 2.24) is 14.3 Å². The van der Waals surface area contributed by atoms with Crippen molar-refractivity contribution >= 4 is 23.0 Å². The fourth-order valence-corrected chi connectivity index (χ4v) is 4.16. The highest BCUT2D eigenvalue weighted by Gasteiger charge is 2.27. The summed E-state index contributed by atoms with van der Waals surface area (Å²) in [6.45, 7) is 2.27. The van der Waals surface area contributed by atoms with Crippen LogP contribution < -0.4 is 0 Å². The van der Waals surface area contributed by atoms with E-state index >= 15 is 0 Å². The molecule has 0 saturated carbocycles. The number of piperidine rings is 1. The molecule has 3 aromatic heterocycles. The third kappa shape index (κ3) is 2.83. The SMILES string of the molecule is O=C(O)C1CCCN(Cc2c(-c3cccs3)nc3ccccn23)C1. The smallest absolute Gasteiger partial charge is 0.307 e. The van der Waals surface area contributed by atoms with Crippen molar-refractivity contribution < 1.29 is 9.90 Å². The number of thiophene rings is 1. The molecule has 0 aromatic carbocycles. The van der Waals surface area contributed by atoms with Gasteiger partial charge in [0.1, 0.15) is 11.3 Å². The van der Waals surface area contributed by atoms with Gasteiger partial charge in [0.2, 0.25) is 0 Å². The quantitative estimate of drug-likeness (QED) is 0.790. The molecular weight excluding hydrogens is 322 g/mol. The molecule has 4 rings (SSSR count). The molecular formula is C18H19N3O2S. The summed E-state index contributed by atoms with van der Waals surface area (Å²) in [6.07, 6.45) is 3.74. The van der Waals surface area contributed by atoms with Crippen LogP contribution in [-0.4, -0.2) is 38.4 Å². The number of hydrogen-bond donors (Lipinski definition) is 1. The van der Waals surface area contributed by atoms with E-state index in [1.165, 1.54) is 0 Å². The zero-order valence-electron chi connectivity index (χ0n) is 13.3. The van der Waals surface area contributed by atoms with Crippen LogP contribution in [0, 0.1) is 5.92 Å². The number of carbonyl (C=O) groups is 1. The lowest BCUT2D eigenvalue weighted by Gasteiger charge is -2.30. The van der Waals surface area contributed by atoms with Gasteiger partial charge in [-0.1, -0.05) is 12.1 Å². The standard InChI is InChI=1S/C18H19N3O2S/c22-18(23)13-5-3-8-20(11-13)12-14-17(15-6-4-10-24-15)19-16-7-1-2-9-21(14)16/h1-2,4,6-7,9-10,13H,3,5,8,11-12H2,(H,22,23). The Morgan fingerprint density at radius 2 is 2.25 bits per heavy atom. The van der Waals surface area contributed by atoms with Crippen molar-refractivity contribution in [2.45, 2.75) is 19.4 Å². The second-order valence-electron chi connectivity index (χ2n) is 6.23. The van der Waals surface area contributed by atoms with Gasteiger partial charge < -0.3 is 9.51 Å². The molecule has 1 N–H and O–H groups in total. The van der Waals surface area contributed by atoms with Gasteiger partial charge in [0.25, 0.3) is 0 Å². The molecule has 0 aliphatic carbocycles. The van der Waals surface area contributed by atoms with Crippen LogP contribution in [0.5, 0.6) is 0 Å². The Balaban J connectivity index is 1.70. The summed E-state index contributed by atoms with van der Waals surface area (Å²) in [5.41, 5.74) is 3.08. The van der Waals surface area contributed by atoms with Crippen LogP contribution in [0.15, 0.2) is 41.9 Å². The normalized spacial score (nSPS) is 18.9. The Bertz CT molecular complexity index is 856. The molecule has 124 valence electrons. The van der Waals surface area contributed by atoms with Crippen molar-refractivity contribution in [3.8, 4) is 10.6 Å². The zero-order chi connectivity index (χ0) is 16.5. The Hall–Kier alpha value is -2.18. The summed E-state index contributed by atoms with van der Waals surface area (Å²) < 4.78 is 2.12. The van der Waals surface area contributed by atoms with Gasteiger partial charge in [0.05, 0.1) is 16.5 Å². The Morgan fingerprint density at radius 1 is 1.33 bits per heavy atom. The molecule has 5 nitrogen and oxygen atoms in total. The average molecular weight is 341 g/mol. The Labute approximate surface area is 144 Å². The molecule has 0 spiro atoms. The van der Waals surface area contributed by atoms with E-state index < -0.39 is 5.97 Å². The molecule has 4 heterocycles. The lowest BCUT2D eigenvalue weighted by atomic mass is 9.98. The maximum atomic E-state index is 11.3. The van der Waals surface area contributed by atoms with E-state index in [4.69, 9.17) is 4.98 Å². The Kier molecular flexibility index (Phi) is 4.08. The molecule has 0 radical (unpaired) electrons. The van der Waals surface area contributed by atoms with Crippen LogP contribution in [0.4, 0.5) is 0 Å². The Morgan fingerprint density at radius 3 is 3.04 bits per heavy atom. The molecule has 1 aliphatic rings. The number of aliphatic carboxylic acids is 1. The molecule has 6 heteroatoms. The number of fused-ring (bicyclic) bond motifs is 1. The summed E-state index contributed by atoms with van der Waals surface area (Å²) in [5, 5.41) is 11.4. The largest absolute Gasteiger partial charge is 0.481 e. The highest BCUT2D eigenvalue weighted by atomic mass is 32.1. The highest BCUT2D eigenvalue weighted by Crippen LogP contribution is 2.30. The van der Waals surface area contributed by atoms with Crippen molar-refractivity contribution in [3.05, 3.63) is 47.6 Å². The van der Waals surface area contributed by atoms with Crippen LogP contribution >= 0.6 is 11.3 Å². The number of carboxylic acids is 1. The molecule has 1 fully saturated rings. The third-order valence-electron chi connectivity index (χ3n) is 4.61. The molecule has 0 bridgehead atoms. The molecule has 1 unspecified atom stereocenters. The molecule has 1 saturated heterocycles. The summed E-state index contributed by atoms with van der Waals surface area (Å²) in [6, 6.07) is 10.1. The van der Waals surface area contributed by atoms with Gasteiger partial charge in [-0.15, -0.1) is 11.3 Å². The minimum atomic E-state index is -0.684. The van der Waals surface area contributed by atoms with E-state index in [0.29, 0.717) is 6.54 Å². The first kappa shape index (κ1) is 15.4. The first-order valence-corrected chi connectivity index (χ1v) is 9.05.